The average molecular weight is 372 g/mol. The van der Waals surface area contributed by atoms with Crippen LogP contribution in [0.2, 0.25) is 0 Å². The van der Waals surface area contributed by atoms with Crippen LogP contribution in [0.15, 0.2) is 48.7 Å². The van der Waals surface area contributed by atoms with Crippen LogP contribution in [0.5, 0.6) is 0 Å². The van der Waals surface area contributed by atoms with Crippen molar-refractivity contribution in [3.8, 4) is 5.69 Å². The molecule has 138 valence electrons. The molecule has 0 radical (unpaired) electrons. The van der Waals surface area contributed by atoms with Gasteiger partial charge in [-0.15, -0.1) is 0 Å². The Morgan fingerprint density at radius 2 is 1.85 bits per heavy atom. The monoisotopic (exact) mass is 372 g/mol. The lowest BCUT2D eigenvalue weighted by Crippen LogP contribution is -2.13. The fourth-order valence-electron chi connectivity index (χ4n) is 2.37. The first-order valence-corrected chi connectivity index (χ1v) is 7.69. The van der Waals surface area contributed by atoms with Crippen molar-refractivity contribution >= 4 is 23.4 Å². The number of nitrogen functional groups attached to an aromatic ring is 1. The van der Waals surface area contributed by atoms with E-state index in [1.165, 1.54) is 30.1 Å². The summed E-state index contributed by atoms with van der Waals surface area (Å²) in [5, 5.41) is 6.32. The summed E-state index contributed by atoms with van der Waals surface area (Å²) in [6.45, 7) is 0. The zero-order chi connectivity index (χ0) is 19.6. The molecule has 0 aliphatic carbocycles. The van der Waals surface area contributed by atoms with E-state index < -0.39 is 23.5 Å². The summed E-state index contributed by atoms with van der Waals surface area (Å²) in [5.41, 5.74) is 6.44. The minimum Gasteiger partial charge on any atom is -0.465 e. The smallest absolute Gasteiger partial charge is 0.343 e. The number of esters is 1. The van der Waals surface area contributed by atoms with E-state index in [2.05, 4.69) is 15.2 Å². The highest BCUT2D eigenvalue weighted by Crippen LogP contribution is 2.20. The van der Waals surface area contributed by atoms with Crippen molar-refractivity contribution in [3.63, 3.8) is 0 Å². The number of hydrogen-bond donors (Lipinski definition) is 2. The molecule has 0 unspecified atom stereocenters. The summed E-state index contributed by atoms with van der Waals surface area (Å²) in [6.07, 6.45) is 1.27. The Morgan fingerprint density at radius 3 is 2.52 bits per heavy atom. The van der Waals surface area contributed by atoms with Crippen molar-refractivity contribution in [2.45, 2.75) is 0 Å². The van der Waals surface area contributed by atoms with Gasteiger partial charge in [0.25, 0.3) is 5.91 Å². The zero-order valence-electron chi connectivity index (χ0n) is 14.1. The lowest BCUT2D eigenvalue weighted by atomic mass is 10.2. The molecule has 2 aromatic carbocycles. The predicted molar refractivity (Wildman–Crippen MR) is 93.6 cm³/mol. The Bertz CT molecular complexity index is 1020. The number of carbonyl (C=O) groups excluding carboxylic acids is 2. The van der Waals surface area contributed by atoms with Gasteiger partial charge in [0, 0.05) is 11.6 Å². The number of methoxy groups -OCH3 is 1. The van der Waals surface area contributed by atoms with E-state index in [4.69, 9.17) is 5.73 Å². The molecular formula is C18H14F2N4O3. The van der Waals surface area contributed by atoms with Gasteiger partial charge >= 0.3 is 5.97 Å². The highest BCUT2D eigenvalue weighted by Gasteiger charge is 2.17. The van der Waals surface area contributed by atoms with Crippen LogP contribution in [0.3, 0.4) is 0 Å². The number of amides is 1. The van der Waals surface area contributed by atoms with Crippen molar-refractivity contribution in [2.75, 3.05) is 18.2 Å². The highest BCUT2D eigenvalue weighted by molar-refractivity contribution is 6.04. The van der Waals surface area contributed by atoms with Crippen LogP contribution in [0.1, 0.15) is 20.7 Å². The summed E-state index contributed by atoms with van der Waals surface area (Å²) < 4.78 is 32.7. The standard InChI is InChI=1S/C18H14F2N4O3/c1-27-18(26)13-9-22-24(16(13)21)12-5-2-10(3-6-12)17(25)23-15-8-11(19)4-7-14(15)20/h2-9H,21H2,1H3,(H,23,25). The lowest BCUT2D eigenvalue weighted by Gasteiger charge is -2.08. The van der Waals surface area contributed by atoms with Crippen molar-refractivity contribution in [1.82, 2.24) is 9.78 Å². The summed E-state index contributed by atoms with van der Waals surface area (Å²) in [6, 6.07) is 8.77. The summed E-state index contributed by atoms with van der Waals surface area (Å²) in [7, 11) is 1.23. The number of carbonyl (C=O) groups is 2. The van der Waals surface area contributed by atoms with Gasteiger partial charge in [0.05, 0.1) is 24.7 Å². The summed E-state index contributed by atoms with van der Waals surface area (Å²) >= 11 is 0. The third-order valence-electron chi connectivity index (χ3n) is 3.76. The fourth-order valence-corrected chi connectivity index (χ4v) is 2.37. The SMILES string of the molecule is COC(=O)c1cnn(-c2ccc(C(=O)Nc3cc(F)ccc3F)cc2)c1N. The number of nitrogens with zero attached hydrogens (tertiary/aromatic N) is 2. The van der Waals surface area contributed by atoms with Gasteiger partial charge in [-0.1, -0.05) is 0 Å². The molecule has 0 aliphatic heterocycles. The molecular weight excluding hydrogens is 358 g/mol. The minimum absolute atomic E-state index is 0.0842. The molecule has 3 rings (SSSR count). The fraction of sp³-hybridized carbons (Fsp3) is 0.0556. The van der Waals surface area contributed by atoms with E-state index in [-0.39, 0.29) is 22.6 Å². The maximum Gasteiger partial charge on any atom is 0.343 e. The highest BCUT2D eigenvalue weighted by atomic mass is 19.1. The number of nitrogens with two attached hydrogens (primary N) is 1. The topological polar surface area (TPSA) is 99.2 Å². The summed E-state index contributed by atoms with van der Waals surface area (Å²) in [5.74, 6) is -2.57. The Balaban J connectivity index is 1.81. The molecule has 0 fully saturated rings. The Hall–Kier alpha value is -3.75. The second-order valence-electron chi connectivity index (χ2n) is 5.47. The van der Waals surface area contributed by atoms with Crippen LogP contribution in [0.25, 0.3) is 5.69 Å². The molecule has 0 aliphatic rings. The first kappa shape index (κ1) is 18.1. The van der Waals surface area contributed by atoms with E-state index in [9.17, 15) is 18.4 Å². The van der Waals surface area contributed by atoms with E-state index in [0.29, 0.717) is 5.69 Å². The van der Waals surface area contributed by atoms with Gasteiger partial charge in [-0.25, -0.2) is 18.3 Å². The molecule has 27 heavy (non-hydrogen) atoms. The zero-order valence-corrected chi connectivity index (χ0v) is 14.1. The molecule has 1 aromatic heterocycles. The molecule has 3 aromatic rings. The molecule has 0 atom stereocenters. The Kier molecular flexibility index (Phi) is 4.84. The second-order valence-corrected chi connectivity index (χ2v) is 5.47. The van der Waals surface area contributed by atoms with E-state index in [1.54, 1.807) is 12.1 Å². The third-order valence-corrected chi connectivity index (χ3v) is 3.76. The summed E-state index contributed by atoms with van der Waals surface area (Å²) in [4.78, 5) is 23.8. The third kappa shape index (κ3) is 3.61. The molecule has 3 N–H and O–H groups in total. The number of ether oxygens (including phenoxy) is 1. The van der Waals surface area contributed by atoms with Crippen molar-refractivity contribution in [1.29, 1.82) is 0 Å². The molecule has 0 saturated heterocycles. The number of aromatic nitrogens is 2. The first-order chi connectivity index (χ1) is 12.9. The van der Waals surface area contributed by atoms with E-state index >= 15 is 0 Å². The number of benzene rings is 2. The van der Waals surface area contributed by atoms with Gasteiger partial charge in [0.15, 0.2) is 0 Å². The van der Waals surface area contributed by atoms with Crippen LogP contribution >= 0.6 is 0 Å². The average Bonchev–Trinajstić information content (AvgIpc) is 3.05. The molecule has 9 heteroatoms. The number of nitrogens with one attached hydrogen (secondary N) is 1. The number of anilines is 2. The molecule has 0 bridgehead atoms. The van der Waals surface area contributed by atoms with Crippen LogP contribution in [-0.4, -0.2) is 28.8 Å². The number of rotatable bonds is 4. The maximum atomic E-state index is 13.6. The Labute approximate surface area is 152 Å². The molecule has 1 amide bonds. The number of hydrogen-bond acceptors (Lipinski definition) is 5. The first-order valence-electron chi connectivity index (χ1n) is 7.69. The van der Waals surface area contributed by atoms with Crippen LogP contribution in [0, 0.1) is 11.6 Å². The normalized spacial score (nSPS) is 10.5. The van der Waals surface area contributed by atoms with Crippen molar-refractivity contribution in [3.05, 3.63) is 71.4 Å². The van der Waals surface area contributed by atoms with Crippen LogP contribution in [0.4, 0.5) is 20.3 Å². The van der Waals surface area contributed by atoms with E-state index in [0.717, 1.165) is 18.2 Å². The predicted octanol–water partition coefficient (Wildman–Crippen LogP) is 2.77. The van der Waals surface area contributed by atoms with E-state index in [1.807, 2.05) is 0 Å². The van der Waals surface area contributed by atoms with Crippen LogP contribution < -0.4 is 11.1 Å². The van der Waals surface area contributed by atoms with Gasteiger partial charge in [-0.2, -0.15) is 5.10 Å². The van der Waals surface area contributed by atoms with Gasteiger partial charge in [-0.3, -0.25) is 4.79 Å². The molecule has 7 nitrogen and oxygen atoms in total. The van der Waals surface area contributed by atoms with Crippen molar-refractivity contribution < 1.29 is 23.1 Å². The molecule has 0 spiro atoms. The molecule has 1 heterocycles. The minimum atomic E-state index is -0.749. The van der Waals surface area contributed by atoms with Gasteiger partial charge in [-0.05, 0) is 36.4 Å². The van der Waals surface area contributed by atoms with Gasteiger partial charge in [0.2, 0.25) is 0 Å². The second kappa shape index (κ2) is 7.24. The lowest BCUT2D eigenvalue weighted by molar-refractivity contribution is 0.0602. The largest absolute Gasteiger partial charge is 0.465 e. The van der Waals surface area contributed by atoms with Gasteiger partial charge < -0.3 is 15.8 Å². The van der Waals surface area contributed by atoms with Crippen molar-refractivity contribution in [2.24, 2.45) is 0 Å². The van der Waals surface area contributed by atoms with Gasteiger partial charge in [0.1, 0.15) is 23.0 Å². The molecule has 0 saturated carbocycles. The van der Waals surface area contributed by atoms with Crippen LogP contribution in [-0.2, 0) is 4.74 Å². The maximum absolute atomic E-state index is 13.6. The number of halogens is 2. The quantitative estimate of drug-likeness (QED) is 0.686. The Morgan fingerprint density at radius 1 is 1.15 bits per heavy atom.